The van der Waals surface area contributed by atoms with Gasteiger partial charge in [0, 0.05) is 36.0 Å². The SMILES string of the molecule is COc1cccc2[nH]c(C(=O)N3CCC4(CC4)CC3C(=O)NC(CC3CCNC3=O)C(=O)C(=O)NC3CC3)cc12. The van der Waals surface area contributed by atoms with Gasteiger partial charge in [0.25, 0.3) is 11.8 Å². The third-order valence-corrected chi connectivity index (χ3v) is 8.93. The van der Waals surface area contributed by atoms with Crippen LogP contribution in [0.3, 0.4) is 0 Å². The molecule has 4 N–H and O–H groups in total. The van der Waals surface area contributed by atoms with Crippen molar-refractivity contribution < 1.29 is 28.7 Å². The van der Waals surface area contributed by atoms with E-state index in [0.717, 1.165) is 43.0 Å². The molecule has 6 rings (SSSR count). The minimum Gasteiger partial charge on any atom is -0.496 e. The molecule has 212 valence electrons. The number of benzene rings is 1. The maximum absolute atomic E-state index is 13.8. The lowest BCUT2D eigenvalue weighted by atomic mass is 9.86. The fourth-order valence-corrected chi connectivity index (χ4v) is 6.12. The van der Waals surface area contributed by atoms with Crippen LogP contribution in [0.1, 0.15) is 61.9 Å². The van der Waals surface area contributed by atoms with Crippen molar-refractivity contribution in [3.05, 3.63) is 30.0 Å². The van der Waals surface area contributed by atoms with Gasteiger partial charge in [-0.3, -0.25) is 24.0 Å². The first-order chi connectivity index (χ1) is 19.3. The highest BCUT2D eigenvalue weighted by molar-refractivity contribution is 6.38. The number of piperidine rings is 1. The van der Waals surface area contributed by atoms with Crippen molar-refractivity contribution in [1.29, 1.82) is 0 Å². The summed E-state index contributed by atoms with van der Waals surface area (Å²) in [6.07, 6.45) is 5.51. The molecule has 4 amide bonds. The molecule has 1 aromatic carbocycles. The number of hydrogen-bond donors (Lipinski definition) is 4. The molecule has 0 radical (unpaired) electrons. The second kappa shape index (κ2) is 10.3. The number of H-pyrrole nitrogens is 1. The number of nitrogens with one attached hydrogen (secondary N) is 4. The standard InChI is InChI=1S/C29H35N5O6/c1-40-23-4-2-3-19-18(23)14-21(32-19)28(39)34-12-10-29(8-9-29)15-22(34)26(37)33-20(13-16-7-11-30-25(16)36)24(35)27(38)31-17-5-6-17/h2-4,14,16-17,20,22,32H,5-13,15H2,1H3,(H,30,36)(H,31,38)(H,33,37). The van der Waals surface area contributed by atoms with Crippen molar-refractivity contribution in [1.82, 2.24) is 25.8 Å². The first-order valence-electron chi connectivity index (χ1n) is 14.2. The van der Waals surface area contributed by atoms with Crippen molar-refractivity contribution in [2.45, 2.75) is 69.5 Å². The van der Waals surface area contributed by atoms with Gasteiger partial charge in [-0.15, -0.1) is 0 Å². The summed E-state index contributed by atoms with van der Waals surface area (Å²) >= 11 is 0. The van der Waals surface area contributed by atoms with Gasteiger partial charge in [0.05, 0.1) is 13.2 Å². The van der Waals surface area contributed by atoms with E-state index in [4.69, 9.17) is 4.74 Å². The Bertz CT molecular complexity index is 1380. The molecule has 3 heterocycles. The van der Waals surface area contributed by atoms with E-state index >= 15 is 0 Å². The number of carbonyl (C=O) groups excluding carboxylic acids is 5. The minimum atomic E-state index is -1.15. The highest BCUT2D eigenvalue weighted by Crippen LogP contribution is 2.55. The number of nitrogens with zero attached hydrogens (tertiary/aromatic N) is 1. The van der Waals surface area contributed by atoms with E-state index in [1.165, 1.54) is 0 Å². The summed E-state index contributed by atoms with van der Waals surface area (Å²) < 4.78 is 5.43. The number of methoxy groups -OCH3 is 1. The molecule has 2 saturated carbocycles. The lowest BCUT2D eigenvalue weighted by Crippen LogP contribution is -2.58. The Hall–Kier alpha value is -3.89. The number of ketones is 1. The summed E-state index contributed by atoms with van der Waals surface area (Å²) in [4.78, 5) is 70.5. The third kappa shape index (κ3) is 5.16. The largest absolute Gasteiger partial charge is 0.496 e. The molecule has 2 saturated heterocycles. The van der Waals surface area contributed by atoms with Gasteiger partial charge in [0.1, 0.15) is 17.5 Å². The molecule has 2 aromatic rings. The number of likely N-dealkylation sites (tertiary alicyclic amines) is 1. The topological polar surface area (TPSA) is 150 Å². The molecule has 4 fully saturated rings. The quantitative estimate of drug-likeness (QED) is 0.348. The zero-order chi connectivity index (χ0) is 28.0. The Kier molecular flexibility index (Phi) is 6.75. The van der Waals surface area contributed by atoms with Crippen molar-refractivity contribution in [2.75, 3.05) is 20.2 Å². The molecule has 2 aliphatic heterocycles. The molecule has 0 bridgehead atoms. The summed E-state index contributed by atoms with van der Waals surface area (Å²) in [5.41, 5.74) is 1.13. The van der Waals surface area contributed by atoms with Gasteiger partial charge >= 0.3 is 0 Å². The van der Waals surface area contributed by atoms with Crippen LogP contribution in [0.2, 0.25) is 0 Å². The van der Waals surface area contributed by atoms with Crippen molar-refractivity contribution in [2.24, 2.45) is 11.3 Å². The van der Waals surface area contributed by atoms with Gasteiger partial charge in [-0.05, 0) is 75.0 Å². The molecule has 2 aliphatic carbocycles. The number of amides is 4. The van der Waals surface area contributed by atoms with Crippen LogP contribution < -0.4 is 20.7 Å². The van der Waals surface area contributed by atoms with E-state index in [0.29, 0.717) is 37.4 Å². The smallest absolute Gasteiger partial charge is 0.289 e. The maximum atomic E-state index is 13.8. The van der Waals surface area contributed by atoms with Gasteiger partial charge in [-0.25, -0.2) is 0 Å². The van der Waals surface area contributed by atoms with Crippen LogP contribution in [-0.4, -0.2) is 77.6 Å². The normalized spacial score (nSPS) is 23.9. The molecule has 1 aromatic heterocycles. The third-order valence-electron chi connectivity index (χ3n) is 8.93. The van der Waals surface area contributed by atoms with Gasteiger partial charge < -0.3 is 30.6 Å². The van der Waals surface area contributed by atoms with E-state index in [-0.39, 0.29) is 29.7 Å². The number of ether oxygens (including phenoxy) is 1. The summed E-state index contributed by atoms with van der Waals surface area (Å²) in [6.45, 7) is 0.907. The van der Waals surface area contributed by atoms with Gasteiger partial charge in [-0.1, -0.05) is 6.07 Å². The summed E-state index contributed by atoms with van der Waals surface area (Å²) in [5.74, 6) is -2.29. The number of aromatic amines is 1. The maximum Gasteiger partial charge on any atom is 0.289 e. The van der Waals surface area contributed by atoms with Gasteiger partial charge in [0.2, 0.25) is 17.6 Å². The number of Topliss-reactive ketones (excluding diaryl/α,β-unsaturated/α-hetero) is 1. The van der Waals surface area contributed by atoms with Crippen LogP contribution in [-0.2, 0) is 19.2 Å². The average molecular weight is 550 g/mol. The van der Waals surface area contributed by atoms with Crippen LogP contribution >= 0.6 is 0 Å². The molecular weight excluding hydrogens is 514 g/mol. The number of fused-ring (bicyclic) bond motifs is 1. The van der Waals surface area contributed by atoms with Crippen molar-refractivity contribution in [3.8, 4) is 5.75 Å². The zero-order valence-corrected chi connectivity index (χ0v) is 22.6. The monoisotopic (exact) mass is 549 g/mol. The van der Waals surface area contributed by atoms with Gasteiger partial charge in [-0.2, -0.15) is 0 Å². The second-order valence-electron chi connectivity index (χ2n) is 11.8. The van der Waals surface area contributed by atoms with E-state index in [2.05, 4.69) is 20.9 Å². The molecule has 4 aliphatic rings. The molecule has 1 spiro atoms. The first kappa shape index (κ1) is 26.3. The number of aromatic nitrogens is 1. The lowest BCUT2D eigenvalue weighted by molar-refractivity contribution is -0.141. The van der Waals surface area contributed by atoms with E-state index in [1.54, 1.807) is 18.1 Å². The molecular formula is C29H35N5O6. The second-order valence-corrected chi connectivity index (χ2v) is 11.8. The van der Waals surface area contributed by atoms with Crippen LogP contribution in [0, 0.1) is 11.3 Å². The van der Waals surface area contributed by atoms with Crippen LogP contribution in [0.15, 0.2) is 24.3 Å². The summed E-state index contributed by atoms with van der Waals surface area (Å²) in [7, 11) is 1.57. The summed E-state index contributed by atoms with van der Waals surface area (Å²) in [6, 6.07) is 5.29. The van der Waals surface area contributed by atoms with Crippen molar-refractivity contribution >= 4 is 40.3 Å². The van der Waals surface area contributed by atoms with E-state index < -0.39 is 35.6 Å². The van der Waals surface area contributed by atoms with E-state index in [9.17, 15) is 24.0 Å². The lowest BCUT2D eigenvalue weighted by Gasteiger charge is -2.39. The number of carbonyl (C=O) groups is 5. The highest BCUT2D eigenvalue weighted by Gasteiger charge is 2.51. The molecule has 3 unspecified atom stereocenters. The Balaban J connectivity index is 1.24. The molecule has 3 atom stereocenters. The van der Waals surface area contributed by atoms with E-state index in [1.807, 2.05) is 18.2 Å². The molecule has 11 heteroatoms. The Morgan fingerprint density at radius 3 is 2.62 bits per heavy atom. The van der Waals surface area contributed by atoms with Gasteiger partial charge in [0.15, 0.2) is 0 Å². The summed E-state index contributed by atoms with van der Waals surface area (Å²) in [5, 5.41) is 9.02. The minimum absolute atomic E-state index is 0.0151. The Morgan fingerprint density at radius 2 is 1.95 bits per heavy atom. The predicted molar refractivity (Wildman–Crippen MR) is 144 cm³/mol. The highest BCUT2D eigenvalue weighted by atomic mass is 16.5. The van der Waals surface area contributed by atoms with Crippen LogP contribution in [0.25, 0.3) is 10.9 Å². The molecule has 11 nitrogen and oxygen atoms in total. The number of hydrogen-bond acceptors (Lipinski definition) is 6. The zero-order valence-electron chi connectivity index (χ0n) is 22.6. The number of rotatable bonds is 9. The van der Waals surface area contributed by atoms with Crippen molar-refractivity contribution in [3.63, 3.8) is 0 Å². The molecule has 40 heavy (non-hydrogen) atoms. The predicted octanol–water partition coefficient (Wildman–Crippen LogP) is 1.42. The average Bonchev–Trinajstić information content (AvgIpc) is 3.84. The first-order valence-corrected chi connectivity index (χ1v) is 14.2. The van der Waals surface area contributed by atoms with Crippen LogP contribution in [0.4, 0.5) is 0 Å². The Morgan fingerprint density at radius 1 is 1.15 bits per heavy atom. The fraction of sp³-hybridized carbons (Fsp3) is 0.552. The fourth-order valence-electron chi connectivity index (χ4n) is 6.12. The van der Waals surface area contributed by atoms with Crippen LogP contribution in [0.5, 0.6) is 5.75 Å². The Labute approximate surface area is 231 Å².